The summed E-state index contributed by atoms with van der Waals surface area (Å²) < 4.78 is 5.70. The Bertz CT molecular complexity index is 777. The van der Waals surface area contributed by atoms with Gasteiger partial charge in [-0.2, -0.15) is 0 Å². The molecular weight excluding hydrogens is 350 g/mol. The molecule has 0 fully saturated rings. The molecule has 0 aromatic heterocycles. The summed E-state index contributed by atoms with van der Waals surface area (Å²) in [7, 11) is 0. The molecule has 0 atom stereocenters. The van der Waals surface area contributed by atoms with Gasteiger partial charge in [-0.25, -0.2) is 0 Å². The predicted octanol–water partition coefficient (Wildman–Crippen LogP) is 5.45. The predicted molar refractivity (Wildman–Crippen MR) is 113 cm³/mol. The lowest BCUT2D eigenvalue weighted by molar-refractivity contribution is 0.0582. The van der Waals surface area contributed by atoms with E-state index >= 15 is 0 Å². The van der Waals surface area contributed by atoms with E-state index in [1.807, 2.05) is 36.4 Å². The van der Waals surface area contributed by atoms with E-state index in [1.165, 1.54) is 30.6 Å². The lowest BCUT2D eigenvalue weighted by Gasteiger charge is -2.27. The Balaban J connectivity index is 1.43. The first-order valence-electron chi connectivity index (χ1n) is 10.6. The minimum atomic E-state index is -0.195. The molecule has 0 N–H and O–H groups in total. The van der Waals surface area contributed by atoms with Crippen LogP contribution in [0.2, 0.25) is 0 Å². The number of hydrogen-bond acceptors (Lipinski definition) is 3. The number of imide groups is 1. The van der Waals surface area contributed by atoms with Crippen molar-refractivity contribution in [1.29, 1.82) is 0 Å². The van der Waals surface area contributed by atoms with Gasteiger partial charge in [0.1, 0.15) is 0 Å². The van der Waals surface area contributed by atoms with Crippen LogP contribution in [0.5, 0.6) is 0 Å². The van der Waals surface area contributed by atoms with Crippen LogP contribution in [0.1, 0.15) is 73.1 Å². The molecular formula is C24H31NO3. The number of ether oxygens (including phenoxy) is 1. The summed E-state index contributed by atoms with van der Waals surface area (Å²) in [6.07, 6.45) is 6.82. The Morgan fingerprint density at radius 2 is 1.43 bits per heavy atom. The van der Waals surface area contributed by atoms with Crippen molar-refractivity contribution in [3.8, 4) is 0 Å². The van der Waals surface area contributed by atoms with E-state index in [2.05, 4.69) is 13.8 Å². The standard InChI is InChI=1S/C24H31NO3/c1-18(2)10-5-3-4-6-16-28-17-9-15-25-23(26)20-13-7-11-19-12-8-14-21(22(19)20)24(25)27/h7-8,11-14,18H,3-6,9-10,15-17H2,1-2H3. The summed E-state index contributed by atoms with van der Waals surface area (Å²) in [6.45, 7) is 6.26. The Morgan fingerprint density at radius 1 is 0.821 bits per heavy atom. The number of carbonyl (C=O) groups excluding carboxylic acids is 2. The molecule has 4 nitrogen and oxygen atoms in total. The van der Waals surface area contributed by atoms with Gasteiger partial charge in [0.2, 0.25) is 0 Å². The fourth-order valence-corrected chi connectivity index (χ4v) is 3.82. The van der Waals surface area contributed by atoms with Crippen LogP contribution < -0.4 is 0 Å². The fraction of sp³-hybridized carbons (Fsp3) is 0.500. The molecule has 0 aliphatic carbocycles. The molecule has 0 unspecified atom stereocenters. The highest BCUT2D eigenvalue weighted by atomic mass is 16.5. The highest BCUT2D eigenvalue weighted by Gasteiger charge is 2.31. The van der Waals surface area contributed by atoms with Crippen molar-refractivity contribution in [3.05, 3.63) is 47.5 Å². The number of unbranched alkanes of at least 4 members (excludes halogenated alkanes) is 3. The molecule has 3 rings (SSSR count). The van der Waals surface area contributed by atoms with Gasteiger partial charge >= 0.3 is 0 Å². The number of hydrogen-bond donors (Lipinski definition) is 0. The third-order valence-electron chi connectivity index (χ3n) is 5.35. The average Bonchev–Trinajstić information content (AvgIpc) is 2.69. The van der Waals surface area contributed by atoms with Crippen LogP contribution in [0.15, 0.2) is 36.4 Å². The van der Waals surface area contributed by atoms with Crippen LogP contribution in [0.25, 0.3) is 10.8 Å². The van der Waals surface area contributed by atoms with E-state index in [1.54, 1.807) is 0 Å². The van der Waals surface area contributed by atoms with Crippen LogP contribution in [0, 0.1) is 5.92 Å². The van der Waals surface area contributed by atoms with E-state index in [-0.39, 0.29) is 11.8 Å². The first-order valence-corrected chi connectivity index (χ1v) is 10.6. The summed E-state index contributed by atoms with van der Waals surface area (Å²) >= 11 is 0. The van der Waals surface area contributed by atoms with Crippen molar-refractivity contribution in [2.75, 3.05) is 19.8 Å². The number of benzene rings is 2. The Hall–Kier alpha value is -2.20. The van der Waals surface area contributed by atoms with Gasteiger partial charge in [0.05, 0.1) is 0 Å². The first kappa shape index (κ1) is 20.5. The van der Waals surface area contributed by atoms with Crippen LogP contribution in [0.3, 0.4) is 0 Å². The Kier molecular flexibility index (Phi) is 7.21. The number of nitrogens with zero attached hydrogens (tertiary/aromatic N) is 1. The van der Waals surface area contributed by atoms with Crippen LogP contribution in [0.4, 0.5) is 0 Å². The van der Waals surface area contributed by atoms with Crippen molar-refractivity contribution in [1.82, 2.24) is 4.90 Å². The minimum Gasteiger partial charge on any atom is -0.381 e. The first-order chi connectivity index (χ1) is 13.6. The van der Waals surface area contributed by atoms with Gasteiger partial charge in [-0.3, -0.25) is 14.5 Å². The zero-order valence-electron chi connectivity index (χ0n) is 17.1. The summed E-state index contributed by atoms with van der Waals surface area (Å²) in [5.41, 5.74) is 1.24. The van der Waals surface area contributed by atoms with Gasteiger partial charge in [-0.1, -0.05) is 63.8 Å². The highest BCUT2D eigenvalue weighted by molar-refractivity contribution is 6.25. The Morgan fingerprint density at radius 3 is 2.07 bits per heavy atom. The molecule has 2 amide bonds. The van der Waals surface area contributed by atoms with Gasteiger partial charge in [-0.05, 0) is 36.3 Å². The molecule has 1 aliphatic heterocycles. The van der Waals surface area contributed by atoms with Gasteiger partial charge in [0.25, 0.3) is 11.8 Å². The SMILES string of the molecule is CC(C)CCCCCCOCCCN1C(=O)c2cccc3cccc(c23)C1=O. The lowest BCUT2D eigenvalue weighted by atomic mass is 9.94. The summed E-state index contributed by atoms with van der Waals surface area (Å²) in [4.78, 5) is 27.0. The molecule has 0 bridgehead atoms. The zero-order valence-corrected chi connectivity index (χ0v) is 17.1. The molecule has 0 radical (unpaired) electrons. The van der Waals surface area contributed by atoms with Gasteiger partial charge in [-0.15, -0.1) is 0 Å². The highest BCUT2D eigenvalue weighted by Crippen LogP contribution is 2.29. The third kappa shape index (κ3) is 4.79. The van der Waals surface area contributed by atoms with E-state index < -0.39 is 0 Å². The maximum absolute atomic E-state index is 12.8. The summed E-state index contributed by atoms with van der Waals surface area (Å²) in [5.74, 6) is 0.398. The monoisotopic (exact) mass is 381 g/mol. The maximum atomic E-state index is 12.8. The lowest BCUT2D eigenvalue weighted by Crippen LogP contribution is -2.41. The molecule has 2 aromatic rings. The number of rotatable bonds is 11. The number of carbonyl (C=O) groups is 2. The van der Waals surface area contributed by atoms with Gasteiger partial charge in [0, 0.05) is 36.3 Å². The van der Waals surface area contributed by atoms with Gasteiger partial charge < -0.3 is 4.74 Å². The molecule has 0 saturated carbocycles. The van der Waals surface area contributed by atoms with Crippen molar-refractivity contribution in [2.45, 2.75) is 52.4 Å². The summed E-state index contributed by atoms with van der Waals surface area (Å²) in [6, 6.07) is 11.2. The molecule has 150 valence electrons. The molecule has 0 saturated heterocycles. The van der Waals surface area contributed by atoms with Crippen molar-refractivity contribution < 1.29 is 14.3 Å². The topological polar surface area (TPSA) is 46.6 Å². The van der Waals surface area contributed by atoms with Crippen molar-refractivity contribution in [3.63, 3.8) is 0 Å². The van der Waals surface area contributed by atoms with Crippen LogP contribution in [-0.2, 0) is 4.74 Å². The fourth-order valence-electron chi connectivity index (χ4n) is 3.82. The normalized spacial score (nSPS) is 13.8. The quantitative estimate of drug-likeness (QED) is 0.384. The smallest absolute Gasteiger partial charge is 0.261 e. The molecule has 2 aromatic carbocycles. The molecule has 1 aliphatic rings. The van der Waals surface area contributed by atoms with Gasteiger partial charge in [0.15, 0.2) is 0 Å². The maximum Gasteiger partial charge on any atom is 0.261 e. The second-order valence-corrected chi connectivity index (χ2v) is 8.03. The molecule has 28 heavy (non-hydrogen) atoms. The van der Waals surface area contributed by atoms with E-state index in [0.29, 0.717) is 30.7 Å². The largest absolute Gasteiger partial charge is 0.381 e. The van der Waals surface area contributed by atoms with Crippen molar-refractivity contribution >= 4 is 22.6 Å². The van der Waals surface area contributed by atoms with Crippen LogP contribution >= 0.6 is 0 Å². The van der Waals surface area contributed by atoms with E-state index in [9.17, 15) is 9.59 Å². The number of amides is 2. The zero-order chi connectivity index (χ0) is 19.9. The third-order valence-corrected chi connectivity index (χ3v) is 5.35. The average molecular weight is 382 g/mol. The van der Waals surface area contributed by atoms with Crippen molar-refractivity contribution in [2.24, 2.45) is 5.92 Å². The molecule has 1 heterocycles. The molecule has 4 heteroatoms. The summed E-state index contributed by atoms with van der Waals surface area (Å²) in [5, 5.41) is 1.72. The Labute approximate surface area is 167 Å². The molecule has 0 spiro atoms. The van der Waals surface area contributed by atoms with E-state index in [4.69, 9.17) is 4.74 Å². The second kappa shape index (κ2) is 9.83. The van der Waals surface area contributed by atoms with E-state index in [0.717, 1.165) is 29.7 Å². The minimum absolute atomic E-state index is 0.195. The van der Waals surface area contributed by atoms with Crippen LogP contribution in [-0.4, -0.2) is 36.5 Å². The second-order valence-electron chi connectivity index (χ2n) is 8.03.